The van der Waals surface area contributed by atoms with Gasteiger partial charge in [-0.25, -0.2) is 0 Å². The third-order valence-corrected chi connectivity index (χ3v) is 2.27. The predicted molar refractivity (Wildman–Crippen MR) is 54.2 cm³/mol. The quantitative estimate of drug-likeness (QED) is 0.588. The first kappa shape index (κ1) is 10.0. The molecular weight excluding hydrogens is 164 g/mol. The number of aryl methyl sites for hydroxylation is 1. The summed E-state index contributed by atoms with van der Waals surface area (Å²) in [6, 6.07) is 5.61. The molecule has 5 N–H and O–H groups in total. The van der Waals surface area contributed by atoms with Crippen molar-refractivity contribution >= 4 is 5.69 Å². The predicted octanol–water partition coefficient (Wildman–Crippen LogP) is 0.743. The zero-order valence-corrected chi connectivity index (χ0v) is 8.04. The Kier molecular flexibility index (Phi) is 2.59. The van der Waals surface area contributed by atoms with Crippen molar-refractivity contribution in [1.29, 1.82) is 0 Å². The van der Waals surface area contributed by atoms with Crippen LogP contribution < -0.4 is 11.5 Å². The summed E-state index contributed by atoms with van der Waals surface area (Å²) in [5.74, 6) is 0. The minimum Gasteiger partial charge on any atom is -0.399 e. The molecule has 0 amide bonds. The summed E-state index contributed by atoms with van der Waals surface area (Å²) in [5.41, 5.74) is 13.5. The third kappa shape index (κ3) is 1.99. The molecule has 0 radical (unpaired) electrons. The van der Waals surface area contributed by atoms with Crippen LogP contribution in [0.2, 0.25) is 0 Å². The number of rotatable bonds is 2. The molecule has 0 aliphatic carbocycles. The lowest BCUT2D eigenvalue weighted by atomic mass is 9.93. The van der Waals surface area contributed by atoms with Gasteiger partial charge in [-0.05, 0) is 31.0 Å². The molecule has 0 spiro atoms. The number of hydrogen-bond donors (Lipinski definition) is 3. The van der Waals surface area contributed by atoms with Crippen LogP contribution in [0.5, 0.6) is 0 Å². The number of benzene rings is 1. The van der Waals surface area contributed by atoms with Crippen molar-refractivity contribution in [2.75, 3.05) is 12.3 Å². The van der Waals surface area contributed by atoms with Gasteiger partial charge in [0.1, 0.15) is 0 Å². The van der Waals surface area contributed by atoms with Gasteiger partial charge >= 0.3 is 0 Å². The topological polar surface area (TPSA) is 72.3 Å². The number of aliphatic hydroxyl groups is 1. The van der Waals surface area contributed by atoms with E-state index in [2.05, 4.69) is 0 Å². The van der Waals surface area contributed by atoms with Gasteiger partial charge in [0, 0.05) is 5.69 Å². The summed E-state index contributed by atoms with van der Waals surface area (Å²) in [4.78, 5) is 0. The summed E-state index contributed by atoms with van der Waals surface area (Å²) in [5, 5.41) is 9.04. The Bertz CT molecular complexity index is 308. The van der Waals surface area contributed by atoms with Gasteiger partial charge in [-0.2, -0.15) is 0 Å². The van der Waals surface area contributed by atoms with Gasteiger partial charge in [0.15, 0.2) is 0 Å². The number of aliphatic hydroxyl groups excluding tert-OH is 1. The molecule has 1 aromatic carbocycles. The fraction of sp³-hybridized carbons (Fsp3) is 0.400. The molecule has 13 heavy (non-hydrogen) atoms. The Hall–Kier alpha value is -1.06. The van der Waals surface area contributed by atoms with E-state index < -0.39 is 5.54 Å². The standard InChI is InChI=1S/C10H16N2O/c1-7-3-4-8(5-9(7)11)10(2,12)6-13/h3-5,13H,6,11-12H2,1-2H3/t10-/m0/s1. The fourth-order valence-corrected chi connectivity index (χ4v) is 1.09. The van der Waals surface area contributed by atoms with Gasteiger partial charge in [-0.15, -0.1) is 0 Å². The molecule has 0 heterocycles. The average molecular weight is 180 g/mol. The van der Waals surface area contributed by atoms with Crippen LogP contribution in [0.3, 0.4) is 0 Å². The van der Waals surface area contributed by atoms with E-state index in [4.69, 9.17) is 16.6 Å². The van der Waals surface area contributed by atoms with E-state index >= 15 is 0 Å². The largest absolute Gasteiger partial charge is 0.399 e. The molecule has 0 aliphatic rings. The van der Waals surface area contributed by atoms with Gasteiger partial charge < -0.3 is 16.6 Å². The first-order chi connectivity index (χ1) is 5.97. The van der Waals surface area contributed by atoms with Crippen LogP contribution in [-0.4, -0.2) is 11.7 Å². The minimum absolute atomic E-state index is 0.0878. The monoisotopic (exact) mass is 180 g/mol. The first-order valence-electron chi connectivity index (χ1n) is 4.24. The highest BCUT2D eigenvalue weighted by molar-refractivity contribution is 5.49. The number of anilines is 1. The van der Waals surface area contributed by atoms with E-state index in [-0.39, 0.29) is 6.61 Å². The summed E-state index contributed by atoms with van der Waals surface area (Å²) in [6.07, 6.45) is 0. The van der Waals surface area contributed by atoms with Crippen LogP contribution in [0, 0.1) is 6.92 Å². The zero-order chi connectivity index (χ0) is 10.1. The van der Waals surface area contributed by atoms with E-state index in [0.717, 1.165) is 11.1 Å². The molecule has 0 bridgehead atoms. The molecule has 0 aromatic heterocycles. The molecule has 1 rings (SSSR count). The highest BCUT2D eigenvalue weighted by Crippen LogP contribution is 2.21. The van der Waals surface area contributed by atoms with E-state index in [9.17, 15) is 0 Å². The average Bonchev–Trinajstić information content (AvgIpc) is 2.09. The van der Waals surface area contributed by atoms with Crippen molar-refractivity contribution in [1.82, 2.24) is 0 Å². The SMILES string of the molecule is Cc1ccc([C@@](C)(N)CO)cc1N. The van der Waals surface area contributed by atoms with Crippen LogP contribution in [-0.2, 0) is 5.54 Å². The Labute approximate surface area is 78.4 Å². The van der Waals surface area contributed by atoms with Crippen molar-refractivity contribution in [3.8, 4) is 0 Å². The van der Waals surface area contributed by atoms with Crippen molar-refractivity contribution in [2.45, 2.75) is 19.4 Å². The smallest absolute Gasteiger partial charge is 0.0650 e. The first-order valence-corrected chi connectivity index (χ1v) is 4.24. The second-order valence-corrected chi connectivity index (χ2v) is 3.65. The van der Waals surface area contributed by atoms with Crippen LogP contribution in [0.4, 0.5) is 5.69 Å². The maximum atomic E-state index is 9.04. The lowest BCUT2D eigenvalue weighted by molar-refractivity contribution is 0.210. The van der Waals surface area contributed by atoms with Gasteiger partial charge in [0.05, 0.1) is 12.1 Å². The van der Waals surface area contributed by atoms with E-state index in [1.54, 1.807) is 6.92 Å². The second-order valence-electron chi connectivity index (χ2n) is 3.65. The van der Waals surface area contributed by atoms with Crippen LogP contribution in [0.1, 0.15) is 18.1 Å². The van der Waals surface area contributed by atoms with E-state index in [1.807, 2.05) is 25.1 Å². The Morgan fingerprint density at radius 3 is 2.54 bits per heavy atom. The number of nitrogens with two attached hydrogens (primary N) is 2. The van der Waals surface area contributed by atoms with Crippen LogP contribution in [0.15, 0.2) is 18.2 Å². The van der Waals surface area contributed by atoms with Crippen LogP contribution in [0.25, 0.3) is 0 Å². The summed E-state index contributed by atoms with van der Waals surface area (Å²) >= 11 is 0. The van der Waals surface area contributed by atoms with Crippen LogP contribution >= 0.6 is 0 Å². The molecule has 0 unspecified atom stereocenters. The molecule has 1 atom stereocenters. The zero-order valence-electron chi connectivity index (χ0n) is 8.04. The third-order valence-electron chi connectivity index (χ3n) is 2.27. The molecule has 3 nitrogen and oxygen atoms in total. The van der Waals surface area contributed by atoms with Gasteiger partial charge in [-0.3, -0.25) is 0 Å². The number of hydrogen-bond acceptors (Lipinski definition) is 3. The van der Waals surface area contributed by atoms with E-state index in [1.165, 1.54) is 0 Å². The summed E-state index contributed by atoms with van der Waals surface area (Å²) < 4.78 is 0. The molecule has 0 fully saturated rings. The van der Waals surface area contributed by atoms with Gasteiger partial charge in [0.2, 0.25) is 0 Å². The van der Waals surface area contributed by atoms with Crippen molar-refractivity contribution < 1.29 is 5.11 Å². The maximum absolute atomic E-state index is 9.04. The normalized spacial score (nSPS) is 15.4. The Balaban J connectivity index is 3.10. The minimum atomic E-state index is -0.707. The number of nitrogen functional groups attached to an aromatic ring is 1. The fourth-order valence-electron chi connectivity index (χ4n) is 1.09. The molecule has 72 valence electrons. The van der Waals surface area contributed by atoms with Gasteiger partial charge in [-0.1, -0.05) is 12.1 Å². The maximum Gasteiger partial charge on any atom is 0.0650 e. The molecule has 0 saturated heterocycles. The summed E-state index contributed by atoms with van der Waals surface area (Å²) in [6.45, 7) is 3.62. The van der Waals surface area contributed by atoms with E-state index in [0.29, 0.717) is 5.69 Å². The summed E-state index contributed by atoms with van der Waals surface area (Å²) in [7, 11) is 0. The van der Waals surface area contributed by atoms with Crippen molar-refractivity contribution in [3.05, 3.63) is 29.3 Å². The Morgan fingerprint density at radius 2 is 2.08 bits per heavy atom. The highest BCUT2D eigenvalue weighted by atomic mass is 16.3. The molecule has 0 saturated carbocycles. The lowest BCUT2D eigenvalue weighted by Crippen LogP contribution is -2.36. The lowest BCUT2D eigenvalue weighted by Gasteiger charge is -2.22. The molecule has 3 heteroatoms. The molecule has 1 aromatic rings. The Morgan fingerprint density at radius 1 is 1.46 bits per heavy atom. The van der Waals surface area contributed by atoms with Crippen molar-refractivity contribution in [2.24, 2.45) is 5.73 Å². The van der Waals surface area contributed by atoms with Gasteiger partial charge in [0.25, 0.3) is 0 Å². The molecular formula is C10H16N2O. The highest BCUT2D eigenvalue weighted by Gasteiger charge is 2.19. The molecule has 0 aliphatic heterocycles. The van der Waals surface area contributed by atoms with Crippen molar-refractivity contribution in [3.63, 3.8) is 0 Å². The second kappa shape index (κ2) is 3.36.